The van der Waals surface area contributed by atoms with Crippen LogP contribution in [0.15, 0.2) is 67.1 Å². The molecule has 5 rings (SSSR count). The van der Waals surface area contributed by atoms with Crippen LogP contribution in [0.1, 0.15) is 44.7 Å². The number of benzene rings is 2. The Morgan fingerprint density at radius 1 is 1.03 bits per heavy atom. The van der Waals surface area contributed by atoms with Crippen molar-refractivity contribution in [3.63, 3.8) is 0 Å². The van der Waals surface area contributed by atoms with Gasteiger partial charge in [-0.3, -0.25) is 9.59 Å². The predicted molar refractivity (Wildman–Crippen MR) is 135 cm³/mol. The molecule has 0 spiro atoms. The summed E-state index contributed by atoms with van der Waals surface area (Å²) in [6.07, 6.45) is 4.50. The molecule has 0 aliphatic carbocycles. The van der Waals surface area contributed by atoms with E-state index in [2.05, 4.69) is 25.6 Å². The van der Waals surface area contributed by atoms with E-state index < -0.39 is 0 Å². The summed E-state index contributed by atoms with van der Waals surface area (Å²) in [6.45, 7) is 0.880. The molecule has 184 valence electrons. The van der Waals surface area contributed by atoms with Gasteiger partial charge in [0, 0.05) is 23.9 Å². The Kier molecular flexibility index (Phi) is 7.01. The summed E-state index contributed by atoms with van der Waals surface area (Å²) in [4.78, 5) is 37.6. The molecule has 1 aliphatic rings. The number of aromatic amines is 1. The molecule has 1 aliphatic heterocycles. The van der Waals surface area contributed by atoms with Crippen molar-refractivity contribution < 1.29 is 19.4 Å². The number of anilines is 1. The van der Waals surface area contributed by atoms with Crippen molar-refractivity contribution in [3.05, 3.63) is 89.4 Å². The van der Waals surface area contributed by atoms with Gasteiger partial charge in [0.05, 0.1) is 36.3 Å². The smallest absolute Gasteiger partial charge is 0.251 e. The maximum atomic E-state index is 13.4. The molecule has 9 nitrogen and oxygen atoms in total. The zero-order valence-electron chi connectivity index (χ0n) is 19.6. The molecule has 2 aromatic heterocycles. The van der Waals surface area contributed by atoms with E-state index in [1.165, 1.54) is 6.33 Å². The minimum absolute atomic E-state index is 0.00834. The Morgan fingerprint density at radius 3 is 2.53 bits per heavy atom. The largest absolute Gasteiger partial charge is 0.394 e. The number of aliphatic hydroxyl groups is 1. The average Bonchev–Trinajstić information content (AvgIpc) is 3.38. The molecule has 3 heterocycles. The van der Waals surface area contributed by atoms with Crippen LogP contribution in [0.4, 0.5) is 5.82 Å². The maximum absolute atomic E-state index is 13.4. The Labute approximate surface area is 207 Å². The number of ether oxygens (including phenoxy) is 1. The number of aromatic nitrogens is 3. The second kappa shape index (κ2) is 10.7. The van der Waals surface area contributed by atoms with E-state index in [9.17, 15) is 14.7 Å². The lowest BCUT2D eigenvalue weighted by Gasteiger charge is -2.29. The van der Waals surface area contributed by atoms with Gasteiger partial charge in [-0.1, -0.05) is 42.5 Å². The van der Waals surface area contributed by atoms with Crippen molar-refractivity contribution in [1.82, 2.24) is 20.3 Å². The monoisotopic (exact) mass is 485 g/mol. The van der Waals surface area contributed by atoms with Gasteiger partial charge >= 0.3 is 0 Å². The number of ketones is 1. The molecular weight excluding hydrogens is 458 g/mol. The first-order valence-corrected chi connectivity index (χ1v) is 11.9. The summed E-state index contributed by atoms with van der Waals surface area (Å²) in [5.41, 5.74) is 2.94. The standard InChI is InChI=1S/C27H27N5O4/c33-14-21-11-10-20(15-36-21)32-26-23-22(13-28-25(23)30-16-31-26)24(34)18-6-8-19(9-7-18)27(35)29-12-17-4-2-1-3-5-17/h1-9,13,16,20-21,33H,10-12,14-15H2,(H,29,35)(H2,28,30,31,32)/t20-,21+/m1/s1. The summed E-state index contributed by atoms with van der Waals surface area (Å²) in [7, 11) is 0. The lowest BCUT2D eigenvalue weighted by Crippen LogP contribution is -2.36. The van der Waals surface area contributed by atoms with E-state index in [0.717, 1.165) is 18.4 Å². The van der Waals surface area contributed by atoms with Crippen molar-refractivity contribution in [1.29, 1.82) is 0 Å². The van der Waals surface area contributed by atoms with E-state index in [-0.39, 0.29) is 30.4 Å². The summed E-state index contributed by atoms with van der Waals surface area (Å²) in [6, 6.07) is 16.3. The van der Waals surface area contributed by atoms with Crippen LogP contribution in [0.2, 0.25) is 0 Å². The van der Waals surface area contributed by atoms with Crippen molar-refractivity contribution >= 4 is 28.5 Å². The third-order valence-electron chi connectivity index (χ3n) is 6.33. The Balaban J connectivity index is 1.31. The number of rotatable bonds is 8. The van der Waals surface area contributed by atoms with Gasteiger partial charge in [0.2, 0.25) is 0 Å². The SMILES string of the molecule is O=C(NCc1ccccc1)c1ccc(C(=O)c2c[nH]c3ncnc(N[C@@H]4CC[C@@H](CO)OC4)c23)cc1. The highest BCUT2D eigenvalue weighted by atomic mass is 16.5. The molecule has 4 N–H and O–H groups in total. The van der Waals surface area contributed by atoms with E-state index in [0.29, 0.717) is 46.7 Å². The molecule has 0 saturated carbocycles. The fourth-order valence-corrected chi connectivity index (χ4v) is 4.32. The third kappa shape index (κ3) is 5.12. The van der Waals surface area contributed by atoms with Crippen molar-refractivity contribution in [2.45, 2.75) is 31.5 Å². The number of hydrogen-bond acceptors (Lipinski definition) is 7. The second-order valence-electron chi connectivity index (χ2n) is 8.78. The Bertz CT molecular complexity index is 1350. The summed E-state index contributed by atoms with van der Waals surface area (Å²) >= 11 is 0. The summed E-state index contributed by atoms with van der Waals surface area (Å²) < 4.78 is 5.66. The molecule has 0 unspecified atom stereocenters. The molecular formula is C27H27N5O4. The summed E-state index contributed by atoms with van der Waals surface area (Å²) in [5, 5.41) is 16.1. The summed E-state index contributed by atoms with van der Waals surface area (Å²) in [5.74, 6) is 0.149. The molecule has 9 heteroatoms. The number of fused-ring (bicyclic) bond motifs is 1. The molecule has 1 amide bonds. The van der Waals surface area contributed by atoms with Crippen molar-refractivity contribution in [2.75, 3.05) is 18.5 Å². The molecule has 2 atom stereocenters. The molecule has 36 heavy (non-hydrogen) atoms. The second-order valence-corrected chi connectivity index (χ2v) is 8.78. The predicted octanol–water partition coefficient (Wildman–Crippen LogP) is 3.07. The number of carbonyl (C=O) groups excluding carboxylic acids is 2. The van der Waals surface area contributed by atoms with Gasteiger partial charge < -0.3 is 25.5 Å². The highest BCUT2D eigenvalue weighted by Gasteiger charge is 2.24. The number of H-pyrrole nitrogens is 1. The number of nitrogens with one attached hydrogen (secondary N) is 3. The third-order valence-corrected chi connectivity index (χ3v) is 6.33. The number of hydrogen-bond donors (Lipinski definition) is 4. The number of carbonyl (C=O) groups is 2. The molecule has 1 saturated heterocycles. The van der Waals surface area contributed by atoms with Gasteiger partial charge in [-0.05, 0) is 30.5 Å². The van der Waals surface area contributed by atoms with Gasteiger partial charge in [-0.15, -0.1) is 0 Å². The van der Waals surface area contributed by atoms with E-state index in [1.54, 1.807) is 30.5 Å². The van der Waals surface area contributed by atoms with Crippen LogP contribution in [-0.2, 0) is 11.3 Å². The van der Waals surface area contributed by atoms with Crippen LogP contribution in [-0.4, -0.2) is 57.1 Å². The quantitative estimate of drug-likeness (QED) is 0.282. The first-order chi connectivity index (χ1) is 17.6. The number of aliphatic hydroxyl groups excluding tert-OH is 1. The van der Waals surface area contributed by atoms with E-state index in [1.807, 2.05) is 30.3 Å². The van der Waals surface area contributed by atoms with E-state index >= 15 is 0 Å². The molecule has 4 aromatic rings. The highest BCUT2D eigenvalue weighted by Crippen LogP contribution is 2.27. The Hall–Kier alpha value is -4.08. The van der Waals surface area contributed by atoms with Crippen LogP contribution >= 0.6 is 0 Å². The average molecular weight is 486 g/mol. The van der Waals surface area contributed by atoms with Crippen molar-refractivity contribution in [3.8, 4) is 0 Å². The van der Waals surface area contributed by atoms with Gasteiger partial charge in [0.1, 0.15) is 17.8 Å². The minimum atomic E-state index is -0.206. The molecule has 2 aromatic carbocycles. The lowest BCUT2D eigenvalue weighted by atomic mass is 10.0. The fraction of sp³-hybridized carbons (Fsp3) is 0.259. The number of nitrogens with zero attached hydrogens (tertiary/aromatic N) is 2. The normalized spacial score (nSPS) is 17.6. The highest BCUT2D eigenvalue weighted by molar-refractivity contribution is 6.18. The van der Waals surface area contributed by atoms with Gasteiger partial charge in [-0.2, -0.15) is 0 Å². The number of amides is 1. The molecule has 0 bridgehead atoms. The van der Waals surface area contributed by atoms with Crippen LogP contribution in [0.3, 0.4) is 0 Å². The topological polar surface area (TPSA) is 129 Å². The zero-order valence-corrected chi connectivity index (χ0v) is 19.6. The van der Waals surface area contributed by atoms with Crippen LogP contribution < -0.4 is 10.6 Å². The minimum Gasteiger partial charge on any atom is -0.394 e. The van der Waals surface area contributed by atoms with Crippen molar-refractivity contribution in [2.24, 2.45) is 0 Å². The van der Waals surface area contributed by atoms with Crippen LogP contribution in [0.5, 0.6) is 0 Å². The van der Waals surface area contributed by atoms with Gasteiger partial charge in [0.15, 0.2) is 5.78 Å². The first-order valence-electron chi connectivity index (χ1n) is 11.9. The zero-order chi connectivity index (χ0) is 24.9. The molecule has 1 fully saturated rings. The van der Waals surface area contributed by atoms with Gasteiger partial charge in [-0.25, -0.2) is 9.97 Å². The Morgan fingerprint density at radius 2 is 1.81 bits per heavy atom. The maximum Gasteiger partial charge on any atom is 0.251 e. The fourth-order valence-electron chi connectivity index (χ4n) is 4.32. The lowest BCUT2D eigenvalue weighted by molar-refractivity contribution is -0.0224. The van der Waals surface area contributed by atoms with Gasteiger partial charge in [0.25, 0.3) is 5.91 Å². The van der Waals surface area contributed by atoms with E-state index in [4.69, 9.17) is 4.74 Å². The molecule has 0 radical (unpaired) electrons. The van der Waals surface area contributed by atoms with Crippen LogP contribution in [0, 0.1) is 0 Å². The van der Waals surface area contributed by atoms with Crippen LogP contribution in [0.25, 0.3) is 11.0 Å². The first kappa shape index (κ1) is 23.7.